The smallest absolute Gasteiger partial charge is 0.0844 e. The second kappa shape index (κ2) is 6.35. The molecule has 2 heterocycles. The van der Waals surface area contributed by atoms with Crippen molar-refractivity contribution in [2.24, 2.45) is 0 Å². The Kier molecular flexibility index (Phi) is 4.30. The van der Waals surface area contributed by atoms with Gasteiger partial charge in [0.2, 0.25) is 0 Å². The maximum atomic E-state index is 5.99. The number of nitrogens with zero attached hydrogens (tertiary/aromatic N) is 4. The topological polar surface area (TPSA) is 46.0 Å². The van der Waals surface area contributed by atoms with E-state index in [4.69, 9.17) is 11.6 Å². The molecular formula is C14H18ClN5. The van der Waals surface area contributed by atoms with Gasteiger partial charge in [-0.05, 0) is 18.2 Å². The largest absolute Gasteiger partial charge is 0.314 e. The molecule has 3 rings (SSSR count). The number of rotatable bonds is 4. The van der Waals surface area contributed by atoms with E-state index >= 15 is 0 Å². The lowest BCUT2D eigenvalue weighted by Crippen LogP contribution is -2.44. The molecule has 6 heteroatoms. The Bertz CT molecular complexity index is 562. The molecule has 1 aliphatic heterocycles. The molecule has 0 atom stereocenters. The summed E-state index contributed by atoms with van der Waals surface area (Å²) in [5, 5.41) is 12.5. The van der Waals surface area contributed by atoms with Gasteiger partial charge in [0.1, 0.15) is 0 Å². The molecule has 5 nitrogen and oxygen atoms in total. The molecule has 0 saturated carbocycles. The molecule has 20 heavy (non-hydrogen) atoms. The Morgan fingerprint density at radius 3 is 2.90 bits per heavy atom. The zero-order valence-electron chi connectivity index (χ0n) is 11.3. The minimum atomic E-state index is 0.709. The fourth-order valence-electron chi connectivity index (χ4n) is 2.37. The van der Waals surface area contributed by atoms with Crippen LogP contribution in [0.4, 0.5) is 0 Å². The van der Waals surface area contributed by atoms with Crippen molar-refractivity contribution < 1.29 is 0 Å². The van der Waals surface area contributed by atoms with E-state index in [0.717, 1.165) is 50.5 Å². The molecule has 1 fully saturated rings. The first-order valence-corrected chi connectivity index (χ1v) is 7.29. The maximum Gasteiger partial charge on any atom is 0.0844 e. The Morgan fingerprint density at radius 1 is 1.25 bits per heavy atom. The third kappa shape index (κ3) is 3.36. The molecule has 0 unspecified atom stereocenters. The van der Waals surface area contributed by atoms with Crippen molar-refractivity contribution in [3.05, 3.63) is 41.2 Å². The number of benzene rings is 1. The van der Waals surface area contributed by atoms with E-state index in [2.05, 4.69) is 20.5 Å². The lowest BCUT2D eigenvalue weighted by molar-refractivity contribution is 0.243. The first-order chi connectivity index (χ1) is 9.81. The molecule has 1 aromatic heterocycles. The normalized spacial score (nSPS) is 16.4. The van der Waals surface area contributed by atoms with Crippen LogP contribution in [0.1, 0.15) is 5.69 Å². The average molecular weight is 292 g/mol. The van der Waals surface area contributed by atoms with Gasteiger partial charge in [-0.2, -0.15) is 0 Å². The van der Waals surface area contributed by atoms with Crippen LogP contribution in [0.5, 0.6) is 0 Å². The van der Waals surface area contributed by atoms with Crippen LogP contribution in [0, 0.1) is 0 Å². The van der Waals surface area contributed by atoms with Crippen LogP contribution in [0.15, 0.2) is 30.5 Å². The molecule has 1 aromatic carbocycles. The van der Waals surface area contributed by atoms with Crippen molar-refractivity contribution in [1.29, 1.82) is 0 Å². The predicted octanol–water partition coefficient (Wildman–Crippen LogP) is 1.37. The molecule has 0 bridgehead atoms. The summed E-state index contributed by atoms with van der Waals surface area (Å²) in [7, 11) is 0. The molecule has 0 aliphatic carbocycles. The Hall–Kier alpha value is -1.43. The Labute approximate surface area is 123 Å². The molecule has 0 spiro atoms. The summed E-state index contributed by atoms with van der Waals surface area (Å²) in [4.78, 5) is 2.45. The molecule has 1 N–H and O–H groups in total. The molecule has 1 saturated heterocycles. The van der Waals surface area contributed by atoms with Gasteiger partial charge in [0.15, 0.2) is 0 Å². The second-order valence-corrected chi connectivity index (χ2v) is 5.41. The number of aromatic nitrogens is 3. The van der Waals surface area contributed by atoms with Crippen molar-refractivity contribution in [2.45, 2.75) is 6.42 Å². The van der Waals surface area contributed by atoms with Gasteiger partial charge in [-0.3, -0.25) is 0 Å². The first kappa shape index (κ1) is 13.5. The van der Waals surface area contributed by atoms with Crippen molar-refractivity contribution >= 4 is 11.6 Å². The highest BCUT2D eigenvalue weighted by molar-refractivity contribution is 6.30. The van der Waals surface area contributed by atoms with Gasteiger partial charge in [0.25, 0.3) is 0 Å². The van der Waals surface area contributed by atoms with E-state index in [9.17, 15) is 0 Å². The van der Waals surface area contributed by atoms with E-state index in [1.54, 1.807) is 4.68 Å². The zero-order valence-corrected chi connectivity index (χ0v) is 12.1. The van der Waals surface area contributed by atoms with Gasteiger partial charge in [-0.25, -0.2) is 4.68 Å². The number of hydrogen-bond acceptors (Lipinski definition) is 4. The molecular weight excluding hydrogens is 274 g/mol. The van der Waals surface area contributed by atoms with E-state index in [1.165, 1.54) is 0 Å². The van der Waals surface area contributed by atoms with Crippen LogP contribution in [0.3, 0.4) is 0 Å². The van der Waals surface area contributed by atoms with Gasteiger partial charge in [0, 0.05) is 44.2 Å². The predicted molar refractivity (Wildman–Crippen MR) is 79.4 cm³/mol. The summed E-state index contributed by atoms with van der Waals surface area (Å²) in [5.41, 5.74) is 1.96. The molecule has 106 valence electrons. The minimum Gasteiger partial charge on any atom is -0.314 e. The molecule has 1 aliphatic rings. The van der Waals surface area contributed by atoms with Crippen molar-refractivity contribution in [3.8, 4) is 5.69 Å². The van der Waals surface area contributed by atoms with Gasteiger partial charge >= 0.3 is 0 Å². The molecule has 2 aromatic rings. The fraction of sp³-hybridized carbons (Fsp3) is 0.429. The SMILES string of the molecule is Clc1cccc(-n2cc(CCN3CCNCC3)nn2)c1. The van der Waals surface area contributed by atoms with E-state index in [1.807, 2.05) is 30.5 Å². The van der Waals surface area contributed by atoms with Gasteiger partial charge < -0.3 is 10.2 Å². The van der Waals surface area contributed by atoms with Crippen LogP contribution in [0.25, 0.3) is 5.69 Å². The van der Waals surface area contributed by atoms with E-state index in [0.29, 0.717) is 5.02 Å². The third-order valence-corrected chi connectivity index (χ3v) is 3.74. The van der Waals surface area contributed by atoms with Crippen LogP contribution >= 0.6 is 11.6 Å². The standard InChI is InChI=1S/C14H18ClN5/c15-12-2-1-3-14(10-12)20-11-13(17-18-20)4-7-19-8-5-16-6-9-19/h1-3,10-11,16H,4-9H2. The highest BCUT2D eigenvalue weighted by Gasteiger charge is 2.10. The minimum absolute atomic E-state index is 0.709. The van der Waals surface area contributed by atoms with Gasteiger partial charge in [0.05, 0.1) is 17.6 Å². The number of piperazine rings is 1. The lowest BCUT2D eigenvalue weighted by Gasteiger charge is -2.26. The van der Waals surface area contributed by atoms with Crippen molar-refractivity contribution in [3.63, 3.8) is 0 Å². The van der Waals surface area contributed by atoms with Crippen LogP contribution in [0.2, 0.25) is 5.02 Å². The van der Waals surface area contributed by atoms with Gasteiger partial charge in [-0.15, -0.1) is 5.10 Å². The van der Waals surface area contributed by atoms with E-state index < -0.39 is 0 Å². The average Bonchev–Trinajstić information content (AvgIpc) is 2.95. The summed E-state index contributed by atoms with van der Waals surface area (Å²) in [5.74, 6) is 0. The maximum absolute atomic E-state index is 5.99. The summed E-state index contributed by atoms with van der Waals surface area (Å²) >= 11 is 5.99. The number of halogens is 1. The molecule has 0 radical (unpaired) electrons. The second-order valence-electron chi connectivity index (χ2n) is 4.98. The summed E-state index contributed by atoms with van der Waals surface area (Å²) < 4.78 is 1.78. The number of nitrogens with one attached hydrogen (secondary N) is 1. The Balaban J connectivity index is 1.61. The highest BCUT2D eigenvalue weighted by Crippen LogP contribution is 2.14. The van der Waals surface area contributed by atoms with Gasteiger partial charge in [-0.1, -0.05) is 22.9 Å². The lowest BCUT2D eigenvalue weighted by atomic mass is 10.2. The summed E-state index contributed by atoms with van der Waals surface area (Å²) in [6.45, 7) is 5.42. The summed E-state index contributed by atoms with van der Waals surface area (Å²) in [6.07, 6.45) is 2.91. The van der Waals surface area contributed by atoms with E-state index in [-0.39, 0.29) is 0 Å². The monoisotopic (exact) mass is 291 g/mol. The fourth-order valence-corrected chi connectivity index (χ4v) is 2.55. The number of hydrogen-bond donors (Lipinski definition) is 1. The Morgan fingerprint density at radius 2 is 2.10 bits per heavy atom. The van der Waals surface area contributed by atoms with Crippen LogP contribution < -0.4 is 5.32 Å². The van der Waals surface area contributed by atoms with Crippen LogP contribution in [-0.2, 0) is 6.42 Å². The summed E-state index contributed by atoms with van der Waals surface area (Å²) in [6, 6.07) is 7.63. The third-order valence-electron chi connectivity index (χ3n) is 3.51. The van der Waals surface area contributed by atoms with Crippen molar-refractivity contribution in [2.75, 3.05) is 32.7 Å². The van der Waals surface area contributed by atoms with Crippen LogP contribution in [-0.4, -0.2) is 52.6 Å². The quantitative estimate of drug-likeness (QED) is 0.924. The first-order valence-electron chi connectivity index (χ1n) is 6.91. The molecule has 0 amide bonds. The zero-order chi connectivity index (χ0) is 13.8. The van der Waals surface area contributed by atoms with Crippen molar-refractivity contribution in [1.82, 2.24) is 25.2 Å². The highest BCUT2D eigenvalue weighted by atomic mass is 35.5.